The van der Waals surface area contributed by atoms with Gasteiger partial charge >= 0.3 is 0 Å². The fourth-order valence-electron chi connectivity index (χ4n) is 5.62. The van der Waals surface area contributed by atoms with E-state index in [-0.39, 0.29) is 17.6 Å². The van der Waals surface area contributed by atoms with Gasteiger partial charge in [0.15, 0.2) is 0 Å². The van der Waals surface area contributed by atoms with E-state index in [2.05, 4.69) is 21.9 Å². The molecule has 178 valence electrons. The second-order valence-corrected chi connectivity index (χ2v) is 10.00. The summed E-state index contributed by atoms with van der Waals surface area (Å²) in [5.41, 5.74) is 0.414. The van der Waals surface area contributed by atoms with Crippen molar-refractivity contribution in [1.82, 2.24) is 9.80 Å². The minimum Gasteiger partial charge on any atom is -0.497 e. The minimum atomic E-state index is -0.634. The first-order chi connectivity index (χ1) is 15.3. The van der Waals surface area contributed by atoms with Gasteiger partial charge in [0.2, 0.25) is 5.91 Å². The van der Waals surface area contributed by atoms with Gasteiger partial charge in [-0.25, -0.2) is 0 Å². The van der Waals surface area contributed by atoms with E-state index in [1.807, 2.05) is 24.1 Å². The molecule has 0 aliphatic carbocycles. The SMILES string of the molecule is COc1cccc(N2CCC(O)(CN3CCC4(CC3)C[C@H](N(C)C(C)=O)CCO4)CC2)c1. The average Bonchev–Trinajstić information content (AvgIpc) is 2.81. The number of rotatable bonds is 5. The Morgan fingerprint density at radius 3 is 2.59 bits per heavy atom. The molecule has 1 atom stereocenters. The van der Waals surface area contributed by atoms with Crippen LogP contribution in [0.1, 0.15) is 45.4 Å². The number of aliphatic hydroxyl groups is 1. The molecule has 0 saturated carbocycles. The zero-order chi connectivity index (χ0) is 22.8. The number of hydrogen-bond donors (Lipinski definition) is 1. The molecule has 7 heteroatoms. The van der Waals surface area contributed by atoms with E-state index in [0.29, 0.717) is 0 Å². The summed E-state index contributed by atoms with van der Waals surface area (Å²) in [6.07, 6.45) is 5.34. The second kappa shape index (κ2) is 9.57. The summed E-state index contributed by atoms with van der Waals surface area (Å²) in [6.45, 7) is 6.69. The maximum Gasteiger partial charge on any atom is 0.219 e. The van der Waals surface area contributed by atoms with E-state index in [0.717, 1.165) is 89.3 Å². The van der Waals surface area contributed by atoms with E-state index in [9.17, 15) is 9.90 Å². The van der Waals surface area contributed by atoms with Gasteiger partial charge in [0, 0.05) is 71.1 Å². The summed E-state index contributed by atoms with van der Waals surface area (Å²) >= 11 is 0. The van der Waals surface area contributed by atoms with E-state index < -0.39 is 5.60 Å². The molecular formula is C25H39N3O4. The number of piperidine rings is 2. The summed E-state index contributed by atoms with van der Waals surface area (Å²) in [7, 11) is 3.60. The maximum absolute atomic E-state index is 11.8. The summed E-state index contributed by atoms with van der Waals surface area (Å²) in [5, 5.41) is 11.3. The first-order valence-electron chi connectivity index (χ1n) is 12.0. The zero-order valence-electron chi connectivity index (χ0n) is 19.9. The van der Waals surface area contributed by atoms with Gasteiger partial charge in [0.05, 0.1) is 18.3 Å². The molecule has 1 spiro atoms. The molecule has 1 amide bonds. The van der Waals surface area contributed by atoms with Crippen LogP contribution in [0.4, 0.5) is 5.69 Å². The third-order valence-electron chi connectivity index (χ3n) is 7.91. The Morgan fingerprint density at radius 2 is 1.94 bits per heavy atom. The number of hydrogen-bond acceptors (Lipinski definition) is 6. The van der Waals surface area contributed by atoms with Crippen molar-refractivity contribution in [3.8, 4) is 5.75 Å². The predicted molar refractivity (Wildman–Crippen MR) is 125 cm³/mol. The van der Waals surface area contributed by atoms with Gasteiger partial charge in [-0.3, -0.25) is 4.79 Å². The molecule has 3 aliphatic heterocycles. The number of nitrogens with zero attached hydrogens (tertiary/aromatic N) is 3. The number of benzene rings is 1. The third-order valence-corrected chi connectivity index (χ3v) is 7.91. The van der Waals surface area contributed by atoms with Crippen LogP contribution in [0.15, 0.2) is 24.3 Å². The quantitative estimate of drug-likeness (QED) is 0.751. The third kappa shape index (κ3) is 5.21. The molecule has 3 aliphatic rings. The summed E-state index contributed by atoms with van der Waals surface area (Å²) in [4.78, 5) is 18.4. The van der Waals surface area contributed by atoms with Crippen molar-refractivity contribution in [3.05, 3.63) is 24.3 Å². The van der Waals surface area contributed by atoms with Crippen molar-refractivity contribution in [2.75, 3.05) is 58.4 Å². The van der Waals surface area contributed by atoms with E-state index in [4.69, 9.17) is 9.47 Å². The Bertz CT molecular complexity index is 785. The van der Waals surface area contributed by atoms with Crippen LogP contribution in [0.2, 0.25) is 0 Å². The lowest BCUT2D eigenvalue weighted by Gasteiger charge is -2.49. The summed E-state index contributed by atoms with van der Waals surface area (Å²) in [5.74, 6) is 0.999. The van der Waals surface area contributed by atoms with Crippen molar-refractivity contribution in [1.29, 1.82) is 0 Å². The number of anilines is 1. The van der Waals surface area contributed by atoms with Crippen molar-refractivity contribution in [2.45, 2.75) is 62.7 Å². The van der Waals surface area contributed by atoms with Crippen LogP contribution in [0.3, 0.4) is 0 Å². The Kier molecular flexibility index (Phi) is 6.98. The van der Waals surface area contributed by atoms with Crippen LogP contribution in [-0.2, 0) is 9.53 Å². The average molecular weight is 446 g/mol. The fraction of sp³-hybridized carbons (Fsp3) is 0.720. The van der Waals surface area contributed by atoms with E-state index in [1.54, 1.807) is 14.0 Å². The standard InChI is InChI=1S/C25H39N3O4/c1-20(29)26(2)22-7-16-32-25(18-22)10-12-27(13-11-25)19-24(30)8-14-28(15-9-24)21-5-4-6-23(17-21)31-3/h4-6,17,22,30H,7-16,18-19H2,1-3H3/t22-/m1/s1. The topological polar surface area (TPSA) is 65.5 Å². The highest BCUT2D eigenvalue weighted by atomic mass is 16.5. The lowest BCUT2D eigenvalue weighted by atomic mass is 9.81. The molecule has 0 aromatic heterocycles. The lowest BCUT2D eigenvalue weighted by molar-refractivity contribution is -0.149. The molecule has 0 unspecified atom stereocenters. The molecule has 1 aromatic carbocycles. The first-order valence-corrected chi connectivity index (χ1v) is 12.0. The van der Waals surface area contributed by atoms with Crippen molar-refractivity contribution >= 4 is 11.6 Å². The largest absolute Gasteiger partial charge is 0.497 e. The van der Waals surface area contributed by atoms with Gasteiger partial charge in [0.25, 0.3) is 0 Å². The fourth-order valence-corrected chi connectivity index (χ4v) is 5.62. The number of amides is 1. The van der Waals surface area contributed by atoms with Crippen molar-refractivity contribution in [3.63, 3.8) is 0 Å². The molecule has 3 saturated heterocycles. The van der Waals surface area contributed by atoms with Crippen LogP contribution >= 0.6 is 0 Å². The Labute approximate surface area is 192 Å². The van der Waals surface area contributed by atoms with Gasteiger partial charge < -0.3 is 29.3 Å². The van der Waals surface area contributed by atoms with Gasteiger partial charge in [-0.2, -0.15) is 0 Å². The number of ether oxygens (including phenoxy) is 2. The van der Waals surface area contributed by atoms with Gasteiger partial charge in [0.1, 0.15) is 5.75 Å². The lowest BCUT2D eigenvalue weighted by Crippen LogP contribution is -2.57. The van der Waals surface area contributed by atoms with Gasteiger partial charge in [-0.1, -0.05) is 6.07 Å². The summed E-state index contributed by atoms with van der Waals surface area (Å²) < 4.78 is 11.6. The highest BCUT2D eigenvalue weighted by Gasteiger charge is 2.43. The van der Waals surface area contributed by atoms with Gasteiger partial charge in [-0.15, -0.1) is 0 Å². The molecule has 1 N–H and O–H groups in total. The number of likely N-dealkylation sites (tertiary alicyclic amines) is 1. The molecule has 0 bridgehead atoms. The van der Waals surface area contributed by atoms with Crippen LogP contribution in [-0.4, -0.2) is 91.5 Å². The Balaban J connectivity index is 1.27. The normalized spacial score (nSPS) is 25.5. The van der Waals surface area contributed by atoms with Crippen LogP contribution in [0.5, 0.6) is 5.75 Å². The number of carbonyl (C=O) groups is 1. The molecule has 3 heterocycles. The molecule has 1 aromatic rings. The molecule has 0 radical (unpaired) electrons. The first kappa shape index (κ1) is 23.3. The molecule has 32 heavy (non-hydrogen) atoms. The summed E-state index contributed by atoms with van der Waals surface area (Å²) in [6, 6.07) is 8.43. The van der Waals surface area contributed by atoms with Crippen molar-refractivity contribution in [2.24, 2.45) is 0 Å². The highest BCUT2D eigenvalue weighted by Crippen LogP contribution is 2.37. The van der Waals surface area contributed by atoms with Crippen LogP contribution in [0, 0.1) is 0 Å². The number of carbonyl (C=O) groups excluding carboxylic acids is 1. The van der Waals surface area contributed by atoms with E-state index in [1.165, 1.54) is 0 Å². The van der Waals surface area contributed by atoms with Crippen molar-refractivity contribution < 1.29 is 19.4 Å². The molecule has 7 nitrogen and oxygen atoms in total. The highest BCUT2D eigenvalue weighted by molar-refractivity contribution is 5.73. The van der Waals surface area contributed by atoms with E-state index >= 15 is 0 Å². The van der Waals surface area contributed by atoms with Crippen LogP contribution in [0.25, 0.3) is 0 Å². The Hall–Kier alpha value is -1.83. The zero-order valence-corrected chi connectivity index (χ0v) is 19.9. The maximum atomic E-state index is 11.8. The monoisotopic (exact) mass is 445 g/mol. The smallest absolute Gasteiger partial charge is 0.219 e. The Morgan fingerprint density at radius 1 is 1.22 bits per heavy atom. The molecule has 3 fully saturated rings. The molecule has 4 rings (SSSR count). The second-order valence-electron chi connectivity index (χ2n) is 10.00. The van der Waals surface area contributed by atoms with Crippen LogP contribution < -0.4 is 9.64 Å². The predicted octanol–water partition coefficient (Wildman–Crippen LogP) is 2.52. The molecular weight excluding hydrogens is 406 g/mol. The van der Waals surface area contributed by atoms with Gasteiger partial charge in [-0.05, 0) is 50.7 Å². The number of β-amino-alcohol motifs (C(OH)–C–C–N with tert-alkyl or cyclic N) is 1. The number of methoxy groups -OCH3 is 1. The minimum absolute atomic E-state index is 0.110.